The molecule has 0 aliphatic carbocycles. The molecule has 152 valence electrons. The van der Waals surface area contributed by atoms with Crippen LogP contribution in [0.2, 0.25) is 5.02 Å². The molecule has 0 saturated carbocycles. The van der Waals surface area contributed by atoms with Crippen molar-refractivity contribution in [3.63, 3.8) is 0 Å². The van der Waals surface area contributed by atoms with Gasteiger partial charge in [0.25, 0.3) is 0 Å². The summed E-state index contributed by atoms with van der Waals surface area (Å²) in [6.07, 6.45) is 6.93. The average molecular weight is 422 g/mol. The Kier molecular flexibility index (Phi) is 6.05. The Balaban J connectivity index is 1.55. The molecule has 0 fully saturated rings. The Hall–Kier alpha value is -3.25. The first-order valence-electron chi connectivity index (χ1n) is 9.78. The van der Waals surface area contributed by atoms with Crippen LogP contribution >= 0.6 is 11.6 Å². The molecule has 0 aliphatic rings. The van der Waals surface area contributed by atoms with Crippen LogP contribution in [0.5, 0.6) is 0 Å². The van der Waals surface area contributed by atoms with Crippen LogP contribution in [0, 0.1) is 11.2 Å². The number of halogens is 2. The lowest BCUT2D eigenvalue weighted by Crippen LogP contribution is -1.95. The first-order valence-corrected chi connectivity index (χ1v) is 10.2. The van der Waals surface area contributed by atoms with Gasteiger partial charge in [-0.25, -0.2) is 14.4 Å². The van der Waals surface area contributed by atoms with Crippen molar-refractivity contribution in [3.05, 3.63) is 71.3 Å². The number of benzene rings is 2. The van der Waals surface area contributed by atoms with Gasteiger partial charge in [-0.05, 0) is 67.3 Å². The molecule has 2 aromatic carbocycles. The minimum Gasteiger partial charge on any atom is -0.340 e. The van der Waals surface area contributed by atoms with Gasteiger partial charge in [0.05, 0.1) is 10.4 Å². The quantitative estimate of drug-likeness (QED) is 0.224. The molecule has 2 heterocycles. The van der Waals surface area contributed by atoms with Crippen molar-refractivity contribution in [1.29, 1.82) is 5.41 Å². The summed E-state index contributed by atoms with van der Waals surface area (Å²) in [5, 5.41) is 11.2. The number of nitrogens with one attached hydrogen (secondary N) is 3. The second-order valence-electron chi connectivity index (χ2n) is 7.07. The average Bonchev–Trinajstić information content (AvgIpc) is 3.20. The van der Waals surface area contributed by atoms with Crippen molar-refractivity contribution in [3.8, 4) is 11.3 Å². The van der Waals surface area contributed by atoms with E-state index in [4.69, 9.17) is 17.0 Å². The highest BCUT2D eigenvalue weighted by Gasteiger charge is 2.11. The zero-order chi connectivity index (χ0) is 20.9. The number of hydrogen-bond donors (Lipinski definition) is 3. The molecule has 0 saturated heterocycles. The van der Waals surface area contributed by atoms with Crippen molar-refractivity contribution >= 4 is 40.4 Å². The minimum atomic E-state index is -0.461. The summed E-state index contributed by atoms with van der Waals surface area (Å²) in [6, 6.07) is 14.9. The fraction of sp³-hybridized carbons (Fsp3) is 0.174. The van der Waals surface area contributed by atoms with Gasteiger partial charge in [-0.1, -0.05) is 35.9 Å². The van der Waals surface area contributed by atoms with Crippen LogP contribution < -0.4 is 5.32 Å². The van der Waals surface area contributed by atoms with E-state index in [1.807, 2.05) is 6.07 Å². The Morgan fingerprint density at radius 2 is 1.90 bits per heavy atom. The van der Waals surface area contributed by atoms with Crippen molar-refractivity contribution in [1.82, 2.24) is 15.0 Å². The molecule has 0 amide bonds. The van der Waals surface area contributed by atoms with Crippen LogP contribution in [0.15, 0.2) is 54.9 Å². The third-order valence-corrected chi connectivity index (χ3v) is 5.23. The van der Waals surface area contributed by atoms with Crippen LogP contribution in [0.25, 0.3) is 22.3 Å². The predicted molar refractivity (Wildman–Crippen MR) is 120 cm³/mol. The molecule has 4 rings (SSSR count). The number of nitrogens with zero attached hydrogens (tertiary/aromatic N) is 2. The molecule has 0 aliphatic heterocycles. The zero-order valence-electron chi connectivity index (χ0n) is 16.3. The highest BCUT2D eigenvalue weighted by atomic mass is 35.5. The fourth-order valence-electron chi connectivity index (χ4n) is 3.33. The number of fused-ring (bicyclic) bond motifs is 1. The summed E-state index contributed by atoms with van der Waals surface area (Å²) >= 11 is 5.88. The van der Waals surface area contributed by atoms with Crippen LogP contribution in [0.4, 0.5) is 15.9 Å². The van der Waals surface area contributed by atoms with Gasteiger partial charge in [0.1, 0.15) is 23.6 Å². The highest BCUT2D eigenvalue weighted by molar-refractivity contribution is 6.31. The van der Waals surface area contributed by atoms with E-state index >= 15 is 0 Å². The Morgan fingerprint density at radius 1 is 1.07 bits per heavy atom. The molecule has 0 radical (unpaired) electrons. The monoisotopic (exact) mass is 421 g/mol. The Labute approximate surface area is 178 Å². The van der Waals surface area contributed by atoms with Crippen LogP contribution in [-0.4, -0.2) is 21.2 Å². The maximum Gasteiger partial charge on any atom is 0.143 e. The predicted octanol–water partition coefficient (Wildman–Crippen LogP) is 6.52. The molecule has 0 bridgehead atoms. The summed E-state index contributed by atoms with van der Waals surface area (Å²) in [7, 11) is 0. The zero-order valence-corrected chi connectivity index (χ0v) is 17.0. The van der Waals surface area contributed by atoms with Crippen LogP contribution in [0.1, 0.15) is 24.8 Å². The maximum absolute atomic E-state index is 13.4. The summed E-state index contributed by atoms with van der Waals surface area (Å²) in [6.45, 7) is 0. The molecule has 0 unspecified atom stereocenters. The second-order valence-corrected chi connectivity index (χ2v) is 7.48. The number of H-pyrrole nitrogens is 1. The number of aromatic amines is 1. The van der Waals surface area contributed by atoms with Gasteiger partial charge in [-0.15, -0.1) is 0 Å². The molecule has 3 N–H and O–H groups in total. The molecule has 0 spiro atoms. The number of hydrogen-bond acceptors (Lipinski definition) is 4. The number of aryl methyl sites for hydroxylation is 1. The van der Waals surface area contributed by atoms with Gasteiger partial charge in [-0.2, -0.15) is 0 Å². The summed E-state index contributed by atoms with van der Waals surface area (Å²) in [5.41, 5.74) is 4.66. The number of unbranched alkanes of at least 4 members (excludes halogenated alkanes) is 2. The smallest absolute Gasteiger partial charge is 0.143 e. The van der Waals surface area contributed by atoms with Gasteiger partial charge >= 0.3 is 0 Å². The molecule has 30 heavy (non-hydrogen) atoms. The maximum atomic E-state index is 13.4. The third kappa shape index (κ3) is 4.49. The lowest BCUT2D eigenvalue weighted by Gasteiger charge is -2.06. The van der Waals surface area contributed by atoms with Gasteiger partial charge in [0.15, 0.2) is 0 Å². The third-order valence-electron chi connectivity index (χ3n) is 4.94. The van der Waals surface area contributed by atoms with Gasteiger partial charge in [0.2, 0.25) is 0 Å². The first-order chi connectivity index (χ1) is 14.6. The molecule has 7 heteroatoms. The minimum absolute atomic E-state index is 0.0537. The van der Waals surface area contributed by atoms with E-state index in [2.05, 4.69) is 44.5 Å². The van der Waals surface area contributed by atoms with E-state index in [1.54, 1.807) is 6.07 Å². The van der Waals surface area contributed by atoms with Crippen LogP contribution in [0.3, 0.4) is 0 Å². The molecular weight excluding hydrogens is 401 g/mol. The Bertz CT molecular complexity index is 1170. The number of aromatic nitrogens is 3. The van der Waals surface area contributed by atoms with Gasteiger partial charge < -0.3 is 15.7 Å². The Morgan fingerprint density at radius 3 is 2.67 bits per heavy atom. The molecule has 0 atom stereocenters. The second kappa shape index (κ2) is 9.05. The number of anilines is 2. The van der Waals surface area contributed by atoms with E-state index < -0.39 is 5.82 Å². The normalized spacial score (nSPS) is 11.0. The largest absolute Gasteiger partial charge is 0.340 e. The van der Waals surface area contributed by atoms with E-state index in [-0.39, 0.29) is 5.02 Å². The SMILES string of the molecule is N=CCCCCc1ccc(-c2cc3c(Nc4ccc(F)c(Cl)c4)ncnc3[nH]2)cc1. The molecule has 2 aromatic heterocycles. The summed E-state index contributed by atoms with van der Waals surface area (Å²) < 4.78 is 13.4. The molecule has 5 nitrogen and oxygen atoms in total. The summed E-state index contributed by atoms with van der Waals surface area (Å²) in [5.74, 6) is 0.158. The van der Waals surface area contributed by atoms with Gasteiger partial charge in [-0.3, -0.25) is 0 Å². The topological polar surface area (TPSA) is 77.5 Å². The van der Waals surface area contributed by atoms with E-state index in [1.165, 1.54) is 30.2 Å². The molecular formula is C23H21ClFN5. The van der Waals surface area contributed by atoms with E-state index in [0.29, 0.717) is 17.2 Å². The summed E-state index contributed by atoms with van der Waals surface area (Å²) in [4.78, 5) is 12.0. The van der Waals surface area contributed by atoms with Crippen molar-refractivity contribution in [2.24, 2.45) is 0 Å². The van der Waals surface area contributed by atoms with Crippen molar-refractivity contribution in [2.45, 2.75) is 25.7 Å². The highest BCUT2D eigenvalue weighted by Crippen LogP contribution is 2.29. The van der Waals surface area contributed by atoms with E-state index in [9.17, 15) is 4.39 Å². The first kappa shape index (κ1) is 20.0. The number of rotatable bonds is 8. The van der Waals surface area contributed by atoms with E-state index in [0.717, 1.165) is 42.3 Å². The van der Waals surface area contributed by atoms with Crippen LogP contribution in [-0.2, 0) is 6.42 Å². The lowest BCUT2D eigenvalue weighted by molar-refractivity contribution is 0.628. The van der Waals surface area contributed by atoms with Gasteiger partial charge in [0, 0.05) is 11.4 Å². The standard InChI is InChI=1S/C23H21ClFN5/c24-19-12-17(9-10-20(19)25)29-22-18-13-21(30-23(18)28-14-27-22)16-7-5-15(6-8-16)4-2-1-3-11-26/h5-14,26H,1-4H2,(H2,27,28,29,30). The fourth-order valence-corrected chi connectivity index (χ4v) is 3.51. The van der Waals surface area contributed by atoms with Crippen molar-refractivity contribution < 1.29 is 4.39 Å². The van der Waals surface area contributed by atoms with Crippen molar-refractivity contribution in [2.75, 3.05) is 5.32 Å². The lowest BCUT2D eigenvalue weighted by atomic mass is 10.0. The molecule has 4 aromatic rings.